The van der Waals surface area contributed by atoms with Crippen molar-refractivity contribution in [3.63, 3.8) is 0 Å². The van der Waals surface area contributed by atoms with E-state index in [1.165, 1.54) is 12.3 Å². The normalized spacial score (nSPS) is 20.3. The Labute approximate surface area is 79.6 Å². The molecule has 0 spiro atoms. The number of carbonyl (C=O) groups is 2. The van der Waals surface area contributed by atoms with Crippen molar-refractivity contribution in [3.8, 4) is 0 Å². The molecule has 5 nitrogen and oxygen atoms in total. The van der Waals surface area contributed by atoms with Crippen molar-refractivity contribution in [2.24, 2.45) is 0 Å². The summed E-state index contributed by atoms with van der Waals surface area (Å²) < 4.78 is 4.92. The van der Waals surface area contributed by atoms with Gasteiger partial charge in [-0.3, -0.25) is 0 Å². The van der Waals surface area contributed by atoms with Crippen LogP contribution in [0.3, 0.4) is 0 Å². The Kier molecular flexibility index (Phi) is 3.06. The minimum absolute atomic E-state index is 0.307. The molecular weight excluding hydrogens is 188 g/mol. The molecule has 1 aliphatic heterocycles. The van der Waals surface area contributed by atoms with Crippen LogP contribution in [0.1, 0.15) is 0 Å². The number of hydrogen-bond donors (Lipinski definition) is 2. The van der Waals surface area contributed by atoms with Gasteiger partial charge in [-0.1, -0.05) is 6.08 Å². The van der Waals surface area contributed by atoms with Crippen LogP contribution in [0.2, 0.25) is 0 Å². The Morgan fingerprint density at radius 1 is 1.29 bits per heavy atom. The molecule has 0 amide bonds. The van der Waals surface area contributed by atoms with Crippen molar-refractivity contribution in [1.29, 1.82) is 0 Å². The minimum Gasteiger partial charge on any atom is -0.489 e. The number of rotatable bonds is 3. The lowest BCUT2D eigenvalue weighted by Gasteiger charge is -2.14. The van der Waals surface area contributed by atoms with E-state index in [-0.39, 0.29) is 5.57 Å². The Balaban J connectivity index is 2.89. The highest BCUT2D eigenvalue weighted by atomic mass is 16.5. The first kappa shape index (κ1) is 10.0. The molecule has 0 saturated carbocycles. The number of aliphatic carboxylic acids is 2. The summed E-state index contributed by atoms with van der Waals surface area (Å²) in [6, 6.07) is 0. The third-order valence-electron chi connectivity index (χ3n) is 1.53. The fourth-order valence-corrected chi connectivity index (χ4v) is 0.961. The molecule has 0 aromatic rings. The van der Waals surface area contributed by atoms with Crippen LogP contribution in [-0.2, 0) is 14.3 Å². The molecule has 1 rings (SSSR count). The van der Waals surface area contributed by atoms with Crippen LogP contribution in [0.5, 0.6) is 0 Å². The van der Waals surface area contributed by atoms with Crippen LogP contribution < -0.4 is 0 Å². The van der Waals surface area contributed by atoms with Crippen molar-refractivity contribution < 1.29 is 24.5 Å². The maximum Gasteiger partial charge on any atom is 0.335 e. The summed E-state index contributed by atoms with van der Waals surface area (Å²) in [6.07, 6.45) is 5.72. The summed E-state index contributed by atoms with van der Waals surface area (Å²) in [5.74, 6) is -2.62. The van der Waals surface area contributed by atoms with Crippen LogP contribution >= 0.6 is 0 Å². The molecule has 1 aliphatic rings. The number of carboxylic acids is 2. The first-order valence-electron chi connectivity index (χ1n) is 3.78. The fourth-order valence-electron chi connectivity index (χ4n) is 0.961. The van der Waals surface area contributed by atoms with Gasteiger partial charge in [0.1, 0.15) is 6.10 Å². The van der Waals surface area contributed by atoms with E-state index < -0.39 is 18.0 Å². The van der Waals surface area contributed by atoms with E-state index in [1.807, 2.05) is 0 Å². The standard InChI is InChI=1S/C9H8O5/c10-8(11)5-6(9(12)13)7-3-1-2-4-14-7/h1-5,7H,(H,10,11)(H,12,13)/b6-5+. The van der Waals surface area contributed by atoms with Crippen LogP contribution in [0.4, 0.5) is 0 Å². The molecule has 1 atom stereocenters. The first-order valence-corrected chi connectivity index (χ1v) is 3.78. The monoisotopic (exact) mass is 196 g/mol. The van der Waals surface area contributed by atoms with Crippen molar-refractivity contribution >= 4 is 11.9 Å². The molecular formula is C9H8O5. The number of carboxylic acid groups (broad SMARTS) is 2. The molecule has 0 bridgehead atoms. The van der Waals surface area contributed by atoms with Gasteiger partial charge in [-0.05, 0) is 12.2 Å². The molecule has 5 heteroatoms. The predicted octanol–water partition coefficient (Wildman–Crippen LogP) is 0.551. The summed E-state index contributed by atoms with van der Waals surface area (Å²) in [5.41, 5.74) is -0.307. The summed E-state index contributed by atoms with van der Waals surface area (Å²) in [4.78, 5) is 21.0. The van der Waals surface area contributed by atoms with Crippen LogP contribution in [0, 0.1) is 0 Å². The SMILES string of the molecule is O=C(O)/C=C(/C(=O)O)C1C=CC=CO1. The highest BCUT2D eigenvalue weighted by Gasteiger charge is 2.20. The van der Waals surface area contributed by atoms with Crippen molar-refractivity contribution in [1.82, 2.24) is 0 Å². The van der Waals surface area contributed by atoms with Gasteiger partial charge in [-0.2, -0.15) is 0 Å². The lowest BCUT2D eigenvalue weighted by Crippen LogP contribution is -2.20. The molecule has 74 valence electrons. The summed E-state index contributed by atoms with van der Waals surface area (Å²) in [7, 11) is 0. The largest absolute Gasteiger partial charge is 0.489 e. The van der Waals surface area contributed by atoms with Crippen LogP contribution in [0.15, 0.2) is 36.1 Å². The predicted molar refractivity (Wildman–Crippen MR) is 46.5 cm³/mol. The molecule has 1 unspecified atom stereocenters. The van der Waals surface area contributed by atoms with E-state index in [1.54, 1.807) is 12.2 Å². The molecule has 0 radical (unpaired) electrons. The second-order valence-corrected chi connectivity index (χ2v) is 2.51. The molecule has 1 heterocycles. The van der Waals surface area contributed by atoms with Crippen LogP contribution in [0.25, 0.3) is 0 Å². The second kappa shape index (κ2) is 4.27. The first-order chi connectivity index (χ1) is 6.61. The lowest BCUT2D eigenvalue weighted by molar-refractivity contribution is -0.135. The van der Waals surface area contributed by atoms with Gasteiger partial charge in [0.05, 0.1) is 11.8 Å². The molecule has 0 aromatic carbocycles. The van der Waals surface area contributed by atoms with E-state index in [4.69, 9.17) is 14.9 Å². The average molecular weight is 196 g/mol. The fraction of sp³-hybridized carbons (Fsp3) is 0.111. The van der Waals surface area contributed by atoms with Gasteiger partial charge in [0.2, 0.25) is 0 Å². The average Bonchev–Trinajstić information content (AvgIpc) is 2.15. The van der Waals surface area contributed by atoms with Gasteiger partial charge in [0, 0.05) is 6.08 Å². The quantitative estimate of drug-likeness (QED) is 0.644. The topological polar surface area (TPSA) is 83.8 Å². The molecule has 2 N–H and O–H groups in total. The maximum absolute atomic E-state index is 10.7. The number of allylic oxidation sites excluding steroid dienone is 2. The molecule has 0 fully saturated rings. The van der Waals surface area contributed by atoms with Gasteiger partial charge in [0.25, 0.3) is 0 Å². The van der Waals surface area contributed by atoms with Gasteiger partial charge in [0.15, 0.2) is 0 Å². The summed E-state index contributed by atoms with van der Waals surface area (Å²) >= 11 is 0. The van der Waals surface area contributed by atoms with Gasteiger partial charge in [-0.15, -0.1) is 0 Å². The highest BCUT2D eigenvalue weighted by molar-refractivity contribution is 5.95. The zero-order valence-corrected chi connectivity index (χ0v) is 7.08. The van der Waals surface area contributed by atoms with Gasteiger partial charge in [-0.25, -0.2) is 9.59 Å². The van der Waals surface area contributed by atoms with E-state index in [9.17, 15) is 9.59 Å². The number of ether oxygens (including phenoxy) is 1. The highest BCUT2D eigenvalue weighted by Crippen LogP contribution is 2.12. The van der Waals surface area contributed by atoms with Crippen molar-refractivity contribution in [3.05, 3.63) is 36.1 Å². The maximum atomic E-state index is 10.7. The van der Waals surface area contributed by atoms with Crippen molar-refractivity contribution in [2.75, 3.05) is 0 Å². The molecule has 14 heavy (non-hydrogen) atoms. The van der Waals surface area contributed by atoms with E-state index in [0.29, 0.717) is 6.08 Å². The second-order valence-electron chi connectivity index (χ2n) is 2.51. The Morgan fingerprint density at radius 3 is 2.43 bits per heavy atom. The van der Waals surface area contributed by atoms with Crippen molar-refractivity contribution in [2.45, 2.75) is 6.10 Å². The van der Waals surface area contributed by atoms with E-state index in [2.05, 4.69) is 0 Å². The van der Waals surface area contributed by atoms with E-state index in [0.717, 1.165) is 0 Å². The Morgan fingerprint density at radius 2 is 2.00 bits per heavy atom. The van der Waals surface area contributed by atoms with Crippen LogP contribution in [-0.4, -0.2) is 28.3 Å². The summed E-state index contributed by atoms with van der Waals surface area (Å²) in [6.45, 7) is 0. The molecule has 0 aliphatic carbocycles. The molecule has 0 aromatic heterocycles. The smallest absolute Gasteiger partial charge is 0.335 e. The van der Waals surface area contributed by atoms with Gasteiger partial charge >= 0.3 is 11.9 Å². The van der Waals surface area contributed by atoms with E-state index >= 15 is 0 Å². The minimum atomic E-state index is -1.31. The third kappa shape index (κ3) is 2.48. The third-order valence-corrected chi connectivity index (χ3v) is 1.53. The Bertz CT molecular complexity index is 337. The lowest BCUT2D eigenvalue weighted by atomic mass is 10.1. The van der Waals surface area contributed by atoms with Gasteiger partial charge < -0.3 is 14.9 Å². The zero-order chi connectivity index (χ0) is 10.6. The Hall–Kier alpha value is -2.04. The summed E-state index contributed by atoms with van der Waals surface area (Å²) in [5, 5.41) is 17.1. The number of hydrogen-bond acceptors (Lipinski definition) is 3. The zero-order valence-electron chi connectivity index (χ0n) is 7.08. The molecule has 0 saturated heterocycles.